The average Bonchev–Trinajstić information content (AvgIpc) is 3.07. The van der Waals surface area contributed by atoms with Crippen LogP contribution in [0.25, 0.3) is 16.6 Å². The van der Waals surface area contributed by atoms with Gasteiger partial charge in [0.15, 0.2) is 5.65 Å². The maximum atomic E-state index is 12.8. The molecular weight excluding hydrogens is 396 g/mol. The molecule has 0 saturated heterocycles. The molecule has 0 aliphatic rings. The van der Waals surface area contributed by atoms with Crippen LogP contribution < -0.4 is 20.3 Å². The van der Waals surface area contributed by atoms with Gasteiger partial charge >= 0.3 is 0 Å². The van der Waals surface area contributed by atoms with Crippen molar-refractivity contribution in [3.63, 3.8) is 0 Å². The van der Waals surface area contributed by atoms with Crippen LogP contribution in [0.3, 0.4) is 0 Å². The van der Waals surface area contributed by atoms with E-state index in [2.05, 4.69) is 10.3 Å². The van der Waals surface area contributed by atoms with Crippen LogP contribution >= 0.6 is 0 Å². The zero-order valence-electron chi connectivity index (χ0n) is 17.7. The summed E-state index contributed by atoms with van der Waals surface area (Å²) in [6, 6.07) is 14.7. The third-order valence-corrected chi connectivity index (χ3v) is 5.25. The fourth-order valence-corrected chi connectivity index (χ4v) is 3.83. The summed E-state index contributed by atoms with van der Waals surface area (Å²) in [6.45, 7) is 2.38. The average molecular weight is 420 g/mol. The van der Waals surface area contributed by atoms with Gasteiger partial charge in [-0.05, 0) is 49.2 Å². The lowest BCUT2D eigenvalue weighted by atomic mass is 10.1. The molecule has 4 aromatic rings. The van der Waals surface area contributed by atoms with E-state index in [1.54, 1.807) is 14.2 Å². The number of nitrogens with one attached hydrogen (secondary N) is 1. The second kappa shape index (κ2) is 8.51. The molecule has 0 saturated carbocycles. The number of hydrogen-bond acceptors (Lipinski definition) is 5. The zero-order chi connectivity index (χ0) is 22.0. The predicted octanol–water partition coefficient (Wildman–Crippen LogP) is 2.33. The van der Waals surface area contributed by atoms with E-state index in [9.17, 15) is 9.59 Å². The molecule has 0 fully saturated rings. The predicted molar refractivity (Wildman–Crippen MR) is 118 cm³/mol. The molecule has 0 aliphatic heterocycles. The van der Waals surface area contributed by atoms with Gasteiger partial charge < -0.3 is 14.8 Å². The maximum absolute atomic E-state index is 12.8. The van der Waals surface area contributed by atoms with Crippen molar-refractivity contribution in [2.75, 3.05) is 20.8 Å². The van der Waals surface area contributed by atoms with Crippen LogP contribution in [-0.4, -0.2) is 40.9 Å². The van der Waals surface area contributed by atoms with E-state index in [-0.39, 0.29) is 18.0 Å². The lowest BCUT2D eigenvalue weighted by Crippen LogP contribution is -2.31. The maximum Gasteiger partial charge on any atom is 0.273 e. The SMILES string of the molecule is COc1ccc(OC)c(CCNC(=O)Cn2c3ccccc3c3nc(=O)cc(C)n32)c1. The molecular formula is C23H24N4O4. The number of carbonyl (C=O) groups excluding carboxylic acids is 1. The van der Waals surface area contributed by atoms with Crippen molar-refractivity contribution in [1.82, 2.24) is 19.5 Å². The van der Waals surface area contributed by atoms with Gasteiger partial charge in [0.2, 0.25) is 5.91 Å². The molecule has 0 aliphatic carbocycles. The van der Waals surface area contributed by atoms with Gasteiger partial charge in [0.05, 0.1) is 19.7 Å². The summed E-state index contributed by atoms with van der Waals surface area (Å²) in [6.07, 6.45) is 0.604. The third-order valence-electron chi connectivity index (χ3n) is 5.25. The van der Waals surface area contributed by atoms with Crippen molar-refractivity contribution >= 4 is 22.5 Å². The molecule has 4 rings (SSSR count). The Balaban J connectivity index is 1.55. The number of ether oxygens (including phenoxy) is 2. The molecule has 1 N–H and O–H groups in total. The second-order valence-electron chi connectivity index (χ2n) is 7.22. The Morgan fingerprint density at radius 3 is 2.68 bits per heavy atom. The first-order valence-corrected chi connectivity index (χ1v) is 9.97. The smallest absolute Gasteiger partial charge is 0.273 e. The zero-order valence-corrected chi connectivity index (χ0v) is 17.7. The van der Waals surface area contributed by atoms with Crippen LogP contribution in [0.15, 0.2) is 53.3 Å². The minimum Gasteiger partial charge on any atom is -0.497 e. The Labute approximate surface area is 179 Å². The quantitative estimate of drug-likeness (QED) is 0.496. The number of aromatic nitrogens is 3. The summed E-state index contributed by atoms with van der Waals surface area (Å²) in [5.41, 5.74) is 2.77. The molecule has 8 nitrogen and oxygen atoms in total. The first-order valence-electron chi connectivity index (χ1n) is 9.97. The highest BCUT2D eigenvalue weighted by molar-refractivity contribution is 5.93. The van der Waals surface area contributed by atoms with E-state index in [1.807, 2.05) is 58.6 Å². The Bertz CT molecular complexity index is 1320. The molecule has 0 radical (unpaired) electrons. The Hall–Kier alpha value is -3.81. The van der Waals surface area contributed by atoms with Crippen molar-refractivity contribution in [2.24, 2.45) is 0 Å². The van der Waals surface area contributed by atoms with Crippen LogP contribution in [-0.2, 0) is 17.8 Å². The normalized spacial score (nSPS) is 11.1. The lowest BCUT2D eigenvalue weighted by Gasteiger charge is -2.13. The van der Waals surface area contributed by atoms with Gasteiger partial charge in [-0.3, -0.25) is 14.3 Å². The monoisotopic (exact) mass is 420 g/mol. The third kappa shape index (κ3) is 3.96. The van der Waals surface area contributed by atoms with E-state index >= 15 is 0 Å². The molecule has 1 amide bonds. The second-order valence-corrected chi connectivity index (χ2v) is 7.22. The summed E-state index contributed by atoms with van der Waals surface area (Å²) in [7, 11) is 3.23. The minimum atomic E-state index is -0.294. The minimum absolute atomic E-state index is 0.102. The Morgan fingerprint density at radius 1 is 1.10 bits per heavy atom. The summed E-state index contributed by atoms with van der Waals surface area (Å²) in [5.74, 6) is 1.36. The number of carbonyl (C=O) groups is 1. The molecule has 0 bridgehead atoms. The van der Waals surface area contributed by atoms with Gasteiger partial charge in [-0.1, -0.05) is 12.1 Å². The summed E-state index contributed by atoms with van der Waals surface area (Å²) < 4.78 is 14.3. The number of fused-ring (bicyclic) bond motifs is 3. The first kappa shape index (κ1) is 20.5. The first-order chi connectivity index (χ1) is 15.0. The summed E-state index contributed by atoms with van der Waals surface area (Å²) >= 11 is 0. The molecule has 0 unspecified atom stereocenters. The number of rotatable bonds is 7. The highest BCUT2D eigenvalue weighted by Crippen LogP contribution is 2.24. The molecule has 0 atom stereocenters. The van der Waals surface area contributed by atoms with E-state index in [0.29, 0.717) is 18.6 Å². The van der Waals surface area contributed by atoms with Gasteiger partial charge in [-0.2, -0.15) is 4.98 Å². The van der Waals surface area contributed by atoms with Crippen LogP contribution in [0.2, 0.25) is 0 Å². The highest BCUT2D eigenvalue weighted by atomic mass is 16.5. The molecule has 2 heterocycles. The van der Waals surface area contributed by atoms with Crippen LogP contribution in [0.1, 0.15) is 11.3 Å². The van der Waals surface area contributed by atoms with E-state index in [1.165, 1.54) is 6.07 Å². The van der Waals surface area contributed by atoms with Crippen molar-refractivity contribution in [2.45, 2.75) is 19.9 Å². The molecule has 0 spiro atoms. The van der Waals surface area contributed by atoms with Gasteiger partial charge in [0.1, 0.15) is 18.0 Å². The van der Waals surface area contributed by atoms with Gasteiger partial charge in [0, 0.05) is 23.7 Å². The van der Waals surface area contributed by atoms with Gasteiger partial charge in [-0.25, -0.2) is 4.52 Å². The lowest BCUT2D eigenvalue weighted by molar-refractivity contribution is -0.121. The Kier molecular flexibility index (Phi) is 5.62. The topological polar surface area (TPSA) is 86.9 Å². The van der Waals surface area contributed by atoms with Crippen molar-refractivity contribution in [3.05, 3.63) is 70.1 Å². The molecule has 160 valence electrons. The van der Waals surface area contributed by atoms with E-state index in [0.717, 1.165) is 33.7 Å². The van der Waals surface area contributed by atoms with Crippen LogP contribution in [0.5, 0.6) is 11.5 Å². The van der Waals surface area contributed by atoms with Crippen molar-refractivity contribution in [3.8, 4) is 11.5 Å². The van der Waals surface area contributed by atoms with Gasteiger partial charge in [-0.15, -0.1) is 0 Å². The number of amides is 1. The summed E-state index contributed by atoms with van der Waals surface area (Å²) in [4.78, 5) is 28.8. The summed E-state index contributed by atoms with van der Waals surface area (Å²) in [5, 5.41) is 3.80. The van der Waals surface area contributed by atoms with Crippen LogP contribution in [0, 0.1) is 6.92 Å². The number of benzene rings is 2. The Morgan fingerprint density at radius 2 is 1.90 bits per heavy atom. The van der Waals surface area contributed by atoms with Crippen molar-refractivity contribution < 1.29 is 14.3 Å². The van der Waals surface area contributed by atoms with Crippen LogP contribution in [0.4, 0.5) is 0 Å². The number of hydrogen-bond donors (Lipinski definition) is 1. The molecule has 2 aromatic carbocycles. The fraction of sp³-hybridized carbons (Fsp3) is 0.261. The van der Waals surface area contributed by atoms with E-state index in [4.69, 9.17) is 9.47 Å². The molecule has 8 heteroatoms. The number of nitrogens with zero attached hydrogens (tertiary/aromatic N) is 3. The van der Waals surface area contributed by atoms with Crippen molar-refractivity contribution in [1.29, 1.82) is 0 Å². The number of aryl methyl sites for hydroxylation is 1. The largest absolute Gasteiger partial charge is 0.497 e. The standard InChI is InChI=1S/C23H24N4O4/c1-15-12-21(28)25-23-18-6-4-5-7-19(18)26(27(15)23)14-22(29)24-11-10-16-13-17(30-2)8-9-20(16)31-3/h4-9,12-13H,10-11,14H2,1-3H3,(H,24,29). The fourth-order valence-electron chi connectivity index (χ4n) is 3.83. The number of para-hydroxylation sites is 1. The molecule has 31 heavy (non-hydrogen) atoms. The molecule has 2 aromatic heterocycles. The van der Waals surface area contributed by atoms with Gasteiger partial charge in [0.25, 0.3) is 5.56 Å². The number of methoxy groups -OCH3 is 2. The van der Waals surface area contributed by atoms with E-state index < -0.39 is 0 Å². The highest BCUT2D eigenvalue weighted by Gasteiger charge is 2.15.